The van der Waals surface area contributed by atoms with Gasteiger partial charge in [0.15, 0.2) is 0 Å². The van der Waals surface area contributed by atoms with Crippen LogP contribution in [0.1, 0.15) is 11.1 Å². The molecule has 0 bridgehead atoms. The zero-order valence-corrected chi connectivity index (χ0v) is 12.2. The summed E-state index contributed by atoms with van der Waals surface area (Å²) in [6, 6.07) is 12.4. The Morgan fingerprint density at radius 1 is 1.19 bits per heavy atom. The molecule has 3 rings (SSSR count). The molecule has 4 nitrogen and oxygen atoms in total. The van der Waals surface area contributed by atoms with Crippen LogP contribution in [-0.4, -0.2) is 36.1 Å². The van der Waals surface area contributed by atoms with Crippen molar-refractivity contribution in [1.29, 1.82) is 0 Å². The van der Waals surface area contributed by atoms with Gasteiger partial charge in [0.2, 0.25) is 0 Å². The van der Waals surface area contributed by atoms with E-state index in [1.54, 1.807) is 6.20 Å². The number of aromatic nitrogens is 1. The molecule has 1 aliphatic heterocycles. The molecule has 0 spiro atoms. The van der Waals surface area contributed by atoms with Crippen molar-refractivity contribution < 1.29 is 4.74 Å². The molecule has 2 heterocycles. The first-order valence-corrected chi connectivity index (χ1v) is 7.44. The number of ether oxygens (including phenoxy) is 1. The number of nitrogens with zero attached hydrogens (tertiary/aromatic N) is 2. The summed E-state index contributed by atoms with van der Waals surface area (Å²) in [7, 11) is 0. The average Bonchev–Trinajstić information content (AvgIpc) is 2.74. The van der Waals surface area contributed by atoms with E-state index < -0.39 is 0 Å². The van der Waals surface area contributed by atoms with Crippen LogP contribution in [0.2, 0.25) is 0 Å². The average molecular weight is 283 g/mol. The molecule has 1 aromatic carbocycles. The van der Waals surface area contributed by atoms with E-state index in [9.17, 15) is 0 Å². The van der Waals surface area contributed by atoms with Crippen molar-refractivity contribution in [3.05, 3.63) is 59.9 Å². The van der Waals surface area contributed by atoms with Gasteiger partial charge in [-0.15, -0.1) is 0 Å². The minimum absolute atomic E-state index is 0.764. The molecule has 2 aromatic rings. The molecule has 0 unspecified atom stereocenters. The normalized spacial score (nSPS) is 15.0. The highest BCUT2D eigenvalue weighted by Crippen LogP contribution is 2.21. The molecule has 4 heteroatoms. The van der Waals surface area contributed by atoms with Gasteiger partial charge in [-0.1, -0.05) is 24.3 Å². The van der Waals surface area contributed by atoms with Crippen LogP contribution in [0.3, 0.4) is 0 Å². The van der Waals surface area contributed by atoms with Crippen LogP contribution in [0.15, 0.2) is 48.8 Å². The third kappa shape index (κ3) is 4.03. The number of rotatable bonds is 5. The number of fused-ring (bicyclic) bond motifs is 1. The SMILES string of the molecule is c1cncc(CNCCN2CCOc3ccccc3C2)c1. The zero-order chi connectivity index (χ0) is 14.3. The van der Waals surface area contributed by atoms with Gasteiger partial charge in [0.25, 0.3) is 0 Å². The molecular formula is C17H21N3O. The molecule has 0 radical (unpaired) electrons. The van der Waals surface area contributed by atoms with Gasteiger partial charge in [-0.3, -0.25) is 9.88 Å². The maximum absolute atomic E-state index is 5.78. The first-order valence-electron chi connectivity index (χ1n) is 7.44. The highest BCUT2D eigenvalue weighted by atomic mass is 16.5. The minimum Gasteiger partial charge on any atom is -0.492 e. The molecule has 0 fully saturated rings. The Morgan fingerprint density at radius 2 is 2.14 bits per heavy atom. The Morgan fingerprint density at radius 3 is 3.05 bits per heavy atom. The molecule has 1 N–H and O–H groups in total. The lowest BCUT2D eigenvalue weighted by Crippen LogP contribution is -2.33. The summed E-state index contributed by atoms with van der Waals surface area (Å²) in [5.74, 6) is 1.03. The Balaban J connectivity index is 1.45. The van der Waals surface area contributed by atoms with Crippen molar-refractivity contribution in [3.8, 4) is 5.75 Å². The van der Waals surface area contributed by atoms with Crippen LogP contribution in [-0.2, 0) is 13.1 Å². The predicted octanol–water partition coefficient (Wildman–Crippen LogP) is 2.07. The maximum Gasteiger partial charge on any atom is 0.123 e. The number of hydrogen-bond donors (Lipinski definition) is 1. The summed E-state index contributed by atoms with van der Waals surface area (Å²) in [4.78, 5) is 6.56. The van der Waals surface area contributed by atoms with E-state index in [4.69, 9.17) is 4.74 Å². The number of para-hydroxylation sites is 1. The Kier molecular flexibility index (Phi) is 4.82. The highest BCUT2D eigenvalue weighted by Gasteiger charge is 2.13. The fourth-order valence-corrected chi connectivity index (χ4v) is 2.54. The quantitative estimate of drug-likeness (QED) is 0.852. The van der Waals surface area contributed by atoms with Crippen molar-refractivity contribution in [2.75, 3.05) is 26.2 Å². The van der Waals surface area contributed by atoms with Gasteiger partial charge in [0, 0.05) is 50.7 Å². The lowest BCUT2D eigenvalue weighted by molar-refractivity contribution is 0.226. The summed E-state index contributed by atoms with van der Waals surface area (Å²) < 4.78 is 5.78. The van der Waals surface area contributed by atoms with Gasteiger partial charge in [-0.25, -0.2) is 0 Å². The first-order chi connectivity index (χ1) is 10.4. The van der Waals surface area contributed by atoms with Crippen LogP contribution < -0.4 is 10.1 Å². The van der Waals surface area contributed by atoms with Crippen molar-refractivity contribution in [2.24, 2.45) is 0 Å². The van der Waals surface area contributed by atoms with E-state index >= 15 is 0 Å². The molecule has 21 heavy (non-hydrogen) atoms. The second-order valence-corrected chi connectivity index (χ2v) is 5.27. The van der Waals surface area contributed by atoms with Crippen LogP contribution >= 0.6 is 0 Å². The lowest BCUT2D eigenvalue weighted by atomic mass is 10.2. The molecule has 1 aromatic heterocycles. The van der Waals surface area contributed by atoms with Crippen molar-refractivity contribution in [3.63, 3.8) is 0 Å². The van der Waals surface area contributed by atoms with Crippen molar-refractivity contribution >= 4 is 0 Å². The summed E-state index contributed by atoms with van der Waals surface area (Å²) in [6.45, 7) is 5.57. The lowest BCUT2D eigenvalue weighted by Gasteiger charge is -2.19. The fourth-order valence-electron chi connectivity index (χ4n) is 2.54. The third-order valence-electron chi connectivity index (χ3n) is 3.69. The maximum atomic E-state index is 5.78. The molecule has 0 amide bonds. The van der Waals surface area contributed by atoms with Gasteiger partial charge in [-0.2, -0.15) is 0 Å². The van der Waals surface area contributed by atoms with E-state index in [1.807, 2.05) is 18.3 Å². The van der Waals surface area contributed by atoms with Gasteiger partial charge < -0.3 is 10.1 Å². The molecule has 1 aliphatic rings. The van der Waals surface area contributed by atoms with Gasteiger partial charge in [-0.05, 0) is 17.7 Å². The zero-order valence-electron chi connectivity index (χ0n) is 12.2. The fraction of sp³-hybridized carbons (Fsp3) is 0.353. The van der Waals surface area contributed by atoms with Crippen LogP contribution in [0.25, 0.3) is 0 Å². The topological polar surface area (TPSA) is 37.4 Å². The summed E-state index contributed by atoms with van der Waals surface area (Å²) >= 11 is 0. The van der Waals surface area contributed by atoms with Crippen LogP contribution in [0.4, 0.5) is 0 Å². The second kappa shape index (κ2) is 7.20. The van der Waals surface area contributed by atoms with Crippen LogP contribution in [0.5, 0.6) is 5.75 Å². The Labute approximate surface area is 125 Å². The van der Waals surface area contributed by atoms with E-state index in [-0.39, 0.29) is 0 Å². The van der Waals surface area contributed by atoms with Gasteiger partial charge in [0.05, 0.1) is 0 Å². The molecule has 0 aliphatic carbocycles. The molecule has 110 valence electrons. The summed E-state index contributed by atoms with van der Waals surface area (Å²) in [5.41, 5.74) is 2.50. The van der Waals surface area contributed by atoms with Gasteiger partial charge in [0.1, 0.15) is 12.4 Å². The number of benzene rings is 1. The van der Waals surface area contributed by atoms with Crippen molar-refractivity contribution in [2.45, 2.75) is 13.1 Å². The van der Waals surface area contributed by atoms with Crippen molar-refractivity contribution in [1.82, 2.24) is 15.2 Å². The minimum atomic E-state index is 0.764. The molecule has 0 saturated carbocycles. The standard InChI is InChI=1S/C17H21N3O/c1-2-6-17-16(5-1)14-20(10-11-21-17)9-8-19-13-15-4-3-7-18-12-15/h1-7,12,19H,8-11,13-14H2. The van der Waals surface area contributed by atoms with E-state index in [0.29, 0.717) is 0 Å². The largest absolute Gasteiger partial charge is 0.492 e. The van der Waals surface area contributed by atoms with Crippen LogP contribution in [0, 0.1) is 0 Å². The Bertz CT molecular complexity index is 559. The Hall–Kier alpha value is -1.91. The van der Waals surface area contributed by atoms with E-state index in [0.717, 1.165) is 45.1 Å². The number of hydrogen-bond acceptors (Lipinski definition) is 4. The van der Waals surface area contributed by atoms with E-state index in [2.05, 4.69) is 39.5 Å². The monoisotopic (exact) mass is 283 g/mol. The smallest absolute Gasteiger partial charge is 0.123 e. The molecular weight excluding hydrogens is 262 g/mol. The predicted molar refractivity (Wildman–Crippen MR) is 83.2 cm³/mol. The third-order valence-corrected chi connectivity index (χ3v) is 3.69. The number of pyridine rings is 1. The van der Waals surface area contributed by atoms with Gasteiger partial charge >= 0.3 is 0 Å². The number of nitrogens with one attached hydrogen (secondary N) is 1. The second-order valence-electron chi connectivity index (χ2n) is 5.27. The highest BCUT2D eigenvalue weighted by molar-refractivity contribution is 5.33. The summed E-state index contributed by atoms with van der Waals surface area (Å²) in [5, 5.41) is 3.47. The first kappa shape index (κ1) is 14.0. The molecule has 0 saturated heterocycles. The van der Waals surface area contributed by atoms with E-state index in [1.165, 1.54) is 11.1 Å². The summed E-state index contributed by atoms with van der Waals surface area (Å²) in [6.07, 6.45) is 3.71. The molecule has 0 atom stereocenters.